The molecule has 6 heterocycles. The fourth-order valence-corrected chi connectivity index (χ4v) is 16.5. The summed E-state index contributed by atoms with van der Waals surface area (Å²) in [7, 11) is 0. The number of fused-ring (bicyclic) bond motifs is 10. The summed E-state index contributed by atoms with van der Waals surface area (Å²) < 4.78 is 15.2. The Kier molecular flexibility index (Phi) is 15.9. The molecule has 0 saturated heterocycles. The van der Waals surface area contributed by atoms with E-state index in [4.69, 9.17) is 32.7 Å². The molecule has 2 aromatic carbocycles. The minimum absolute atomic E-state index is 0.102. The monoisotopic (exact) mass is 1180 g/mol. The highest BCUT2D eigenvalue weighted by Gasteiger charge is 2.43. The number of hydrogen-bond acceptors (Lipinski definition) is 8. The second-order valence-electron chi connectivity index (χ2n) is 17.2. The quantitative estimate of drug-likeness (QED) is 0.112. The second kappa shape index (κ2) is 20.0. The lowest BCUT2D eigenvalue weighted by Gasteiger charge is -2.25. The molecular formula is C49H50BBr3Cl2O2S6. The van der Waals surface area contributed by atoms with Gasteiger partial charge in [-0.05, 0) is 144 Å². The first-order valence-corrected chi connectivity index (χ1v) is 29.6. The Balaban J connectivity index is 0.000000167. The molecule has 10 rings (SSSR count). The van der Waals surface area contributed by atoms with Crippen LogP contribution in [-0.4, -0.2) is 21.7 Å². The standard InChI is InChI=1S/C26H30O2S3.C22H18S3.CH2Cl2.BBr3/c1-7-27-25(3,4)19-11-13-29-23(19)18-10-9-17-15-22(31-21(17)16-18)24-20(12-14-30-24)26(5,6)28-8-2;1-21(2)13-7-9-23-17(13)11-5-6-12-16-20(25-18(12)15(11)21)19-14(8-10-24-19)22(16,3)4;2-1-3;2-1(3)4/h9-16H,7-8H2,1-6H3;5-10H,1-4H3;1H2;. The normalized spacial score (nSPS) is 14.2. The van der Waals surface area contributed by atoms with Crippen LogP contribution in [0.15, 0.2) is 82.2 Å². The van der Waals surface area contributed by atoms with Crippen molar-refractivity contribution >= 4 is 162 Å². The Labute approximate surface area is 432 Å². The van der Waals surface area contributed by atoms with Crippen LogP contribution in [0, 0.1) is 0 Å². The highest BCUT2D eigenvalue weighted by Crippen LogP contribution is 2.61. The molecule has 2 nitrogen and oxygen atoms in total. The van der Waals surface area contributed by atoms with Crippen molar-refractivity contribution in [3.63, 3.8) is 0 Å². The minimum Gasteiger partial charge on any atom is -0.371 e. The van der Waals surface area contributed by atoms with E-state index in [1.54, 1.807) is 33.8 Å². The van der Waals surface area contributed by atoms with Crippen LogP contribution in [0.4, 0.5) is 0 Å². The van der Waals surface area contributed by atoms with E-state index >= 15 is 0 Å². The van der Waals surface area contributed by atoms with Crippen molar-refractivity contribution < 1.29 is 9.47 Å². The summed E-state index contributed by atoms with van der Waals surface area (Å²) in [6.07, 6.45) is 0. The van der Waals surface area contributed by atoms with Crippen LogP contribution in [0.1, 0.15) is 103 Å². The average molecular weight is 1180 g/mol. The third-order valence-corrected chi connectivity index (χ3v) is 18.3. The van der Waals surface area contributed by atoms with Gasteiger partial charge in [-0.2, -0.15) is 0 Å². The van der Waals surface area contributed by atoms with Crippen molar-refractivity contribution in [2.24, 2.45) is 0 Å². The second-order valence-corrected chi connectivity index (χ2v) is 30.2. The molecule has 0 radical (unpaired) electrons. The number of ether oxygens (including phenoxy) is 2. The van der Waals surface area contributed by atoms with Gasteiger partial charge in [-0.3, -0.25) is 0 Å². The maximum Gasteiger partial charge on any atom is 0.369 e. The highest BCUT2D eigenvalue weighted by atomic mass is 79.9. The molecule has 0 bridgehead atoms. The fraction of sp³-hybridized carbons (Fsp3) is 0.347. The Morgan fingerprint density at radius 1 is 0.603 bits per heavy atom. The van der Waals surface area contributed by atoms with E-state index in [2.05, 4.69) is 199 Å². The number of alkyl halides is 2. The van der Waals surface area contributed by atoms with Crippen LogP contribution in [-0.2, 0) is 31.5 Å². The summed E-state index contributed by atoms with van der Waals surface area (Å²) in [6.45, 7) is 23.7. The first-order chi connectivity index (χ1) is 29.8. The van der Waals surface area contributed by atoms with E-state index in [-0.39, 0.29) is 30.6 Å². The van der Waals surface area contributed by atoms with E-state index in [0.717, 1.165) is 0 Å². The zero-order valence-electron chi connectivity index (χ0n) is 36.9. The molecule has 14 heteroatoms. The van der Waals surface area contributed by atoms with Crippen molar-refractivity contribution in [1.29, 1.82) is 0 Å². The lowest BCUT2D eigenvalue weighted by molar-refractivity contribution is -0.0136. The average Bonchev–Trinajstić information content (AvgIpc) is 4.06. The third kappa shape index (κ3) is 9.62. The van der Waals surface area contributed by atoms with Gasteiger partial charge < -0.3 is 9.47 Å². The van der Waals surface area contributed by atoms with Crippen LogP contribution in [0.25, 0.3) is 60.6 Å². The number of hydrogen-bond donors (Lipinski definition) is 0. The molecule has 6 aromatic heterocycles. The zero-order chi connectivity index (χ0) is 45.6. The molecule has 0 fully saturated rings. The van der Waals surface area contributed by atoms with Crippen LogP contribution >= 0.6 is 138 Å². The Hall–Kier alpha value is -0.835. The molecule has 0 saturated carbocycles. The van der Waals surface area contributed by atoms with Gasteiger partial charge in [0, 0.05) is 69.0 Å². The molecule has 2 aliphatic rings. The van der Waals surface area contributed by atoms with Crippen LogP contribution in [0.5, 0.6) is 0 Å². The Bertz CT molecular complexity index is 2800. The smallest absolute Gasteiger partial charge is 0.369 e. The summed E-state index contributed by atoms with van der Waals surface area (Å²) in [5.41, 5.74) is 11.0. The van der Waals surface area contributed by atoms with Gasteiger partial charge >= 0.3 is 3.18 Å². The molecule has 8 aromatic rings. The van der Waals surface area contributed by atoms with Crippen LogP contribution in [0.2, 0.25) is 0 Å². The maximum absolute atomic E-state index is 6.04. The topological polar surface area (TPSA) is 18.5 Å². The van der Waals surface area contributed by atoms with Gasteiger partial charge in [0.1, 0.15) is 0 Å². The zero-order valence-corrected chi connectivity index (χ0v) is 48.1. The molecule has 0 atom stereocenters. The number of rotatable bonds is 8. The number of thiophene rings is 6. The number of benzene rings is 2. The van der Waals surface area contributed by atoms with E-state index < -0.39 is 0 Å². The molecule has 63 heavy (non-hydrogen) atoms. The van der Waals surface area contributed by atoms with Crippen molar-refractivity contribution in [2.45, 2.75) is 91.3 Å². The molecule has 2 aliphatic carbocycles. The molecule has 0 N–H and O–H groups in total. The highest BCUT2D eigenvalue weighted by molar-refractivity contribution is 9.69. The SMILES string of the molecule is BrB(Br)Br.CC1(C)c2ccsc2-c2sc3c4c(ccc3c21)-c1sccc1C4(C)C.CCOC(C)(C)c1ccsc1-c1ccc2cc(-c3sccc3C(C)(C)OCC)sc2c1.ClCCl. The van der Waals surface area contributed by atoms with Gasteiger partial charge in [0.05, 0.1) is 21.4 Å². The summed E-state index contributed by atoms with van der Waals surface area (Å²) in [4.78, 5) is 8.42. The van der Waals surface area contributed by atoms with Gasteiger partial charge in [0.25, 0.3) is 0 Å². The lowest BCUT2D eigenvalue weighted by Crippen LogP contribution is -2.21. The van der Waals surface area contributed by atoms with Gasteiger partial charge in [-0.1, -0.05) is 52.0 Å². The summed E-state index contributed by atoms with van der Waals surface area (Å²) in [5.74, 6) is 0. The van der Waals surface area contributed by atoms with Crippen molar-refractivity contribution in [2.75, 3.05) is 18.6 Å². The van der Waals surface area contributed by atoms with Crippen LogP contribution < -0.4 is 0 Å². The predicted molar refractivity (Wildman–Crippen MR) is 300 cm³/mol. The lowest BCUT2D eigenvalue weighted by atomic mass is 9.79. The van der Waals surface area contributed by atoms with Crippen LogP contribution in [0.3, 0.4) is 0 Å². The van der Waals surface area contributed by atoms with Gasteiger partial charge in [-0.25, -0.2) is 0 Å². The van der Waals surface area contributed by atoms with E-state index in [1.807, 2.05) is 45.3 Å². The van der Waals surface area contributed by atoms with E-state index in [9.17, 15) is 0 Å². The van der Waals surface area contributed by atoms with Gasteiger partial charge in [-0.15, -0.1) is 138 Å². The fourth-order valence-electron chi connectivity index (χ4n) is 9.15. The first kappa shape index (κ1) is 50.1. The van der Waals surface area contributed by atoms with Crippen molar-refractivity contribution in [3.05, 3.63) is 116 Å². The van der Waals surface area contributed by atoms with Crippen molar-refractivity contribution in [3.8, 4) is 40.4 Å². The van der Waals surface area contributed by atoms with Crippen molar-refractivity contribution in [1.82, 2.24) is 0 Å². The molecule has 0 spiro atoms. The summed E-state index contributed by atoms with van der Waals surface area (Å²) >= 11 is 30.1. The molecule has 332 valence electrons. The third-order valence-electron chi connectivity index (χ3n) is 11.9. The molecular weight excluding hydrogens is 1130 g/mol. The molecule has 0 unspecified atom stereocenters. The maximum atomic E-state index is 6.04. The largest absolute Gasteiger partial charge is 0.371 e. The van der Waals surface area contributed by atoms with E-state index in [0.29, 0.717) is 13.2 Å². The van der Waals surface area contributed by atoms with E-state index in [1.165, 1.54) is 82.8 Å². The first-order valence-electron chi connectivity index (χ1n) is 20.6. The summed E-state index contributed by atoms with van der Waals surface area (Å²) in [6, 6.07) is 23.0. The minimum atomic E-state index is -0.295. The molecule has 0 aliphatic heterocycles. The Morgan fingerprint density at radius 2 is 1.11 bits per heavy atom. The predicted octanol–water partition coefficient (Wildman–Crippen LogP) is 20.1. The van der Waals surface area contributed by atoms with Gasteiger partial charge in [0.15, 0.2) is 0 Å². The Morgan fingerprint density at radius 3 is 1.71 bits per heavy atom. The number of halogens is 5. The van der Waals surface area contributed by atoms with Gasteiger partial charge in [0.2, 0.25) is 0 Å². The summed E-state index contributed by atoms with van der Waals surface area (Å²) in [5, 5.41) is 11.8. The molecule has 0 amide bonds.